The molecule has 0 aliphatic heterocycles. The summed E-state index contributed by atoms with van der Waals surface area (Å²) in [6.07, 6.45) is 3.55. The highest BCUT2D eigenvalue weighted by molar-refractivity contribution is 5.92. The van der Waals surface area contributed by atoms with Crippen LogP contribution in [0.3, 0.4) is 0 Å². The molecule has 4 rings (SSSR count). The SMILES string of the molecule is CC(=O)c1cc(OCc2cc(F)ccc2F)n(CC(=O)N[C@H]2CCCC[C@@H]2OCc2ccccc2)n1. The Morgan fingerprint density at radius 1 is 1.06 bits per heavy atom. The molecule has 0 unspecified atom stereocenters. The van der Waals surface area contributed by atoms with Crippen molar-refractivity contribution in [3.8, 4) is 5.88 Å². The number of rotatable bonds is 10. The second-order valence-electron chi connectivity index (χ2n) is 8.90. The van der Waals surface area contributed by atoms with Crippen molar-refractivity contribution in [2.75, 3.05) is 0 Å². The molecule has 36 heavy (non-hydrogen) atoms. The van der Waals surface area contributed by atoms with Crippen molar-refractivity contribution in [2.24, 2.45) is 0 Å². The average Bonchev–Trinajstić information content (AvgIpc) is 3.27. The summed E-state index contributed by atoms with van der Waals surface area (Å²) in [5.41, 5.74) is 1.19. The van der Waals surface area contributed by atoms with Crippen LogP contribution >= 0.6 is 0 Å². The van der Waals surface area contributed by atoms with Crippen LogP contribution < -0.4 is 10.1 Å². The molecule has 2 aromatic carbocycles. The largest absolute Gasteiger partial charge is 0.473 e. The van der Waals surface area contributed by atoms with Gasteiger partial charge in [-0.25, -0.2) is 13.5 Å². The number of ketones is 1. The van der Waals surface area contributed by atoms with Crippen molar-refractivity contribution >= 4 is 11.7 Å². The second kappa shape index (κ2) is 11.9. The van der Waals surface area contributed by atoms with E-state index in [1.807, 2.05) is 30.3 Å². The van der Waals surface area contributed by atoms with Crippen molar-refractivity contribution in [3.63, 3.8) is 0 Å². The number of hydrogen-bond acceptors (Lipinski definition) is 5. The van der Waals surface area contributed by atoms with E-state index in [4.69, 9.17) is 9.47 Å². The van der Waals surface area contributed by atoms with Crippen molar-refractivity contribution in [2.45, 2.75) is 64.5 Å². The van der Waals surface area contributed by atoms with E-state index in [-0.39, 0.29) is 54.1 Å². The van der Waals surface area contributed by atoms with Gasteiger partial charge in [0.25, 0.3) is 0 Å². The van der Waals surface area contributed by atoms with Crippen LogP contribution in [-0.2, 0) is 29.3 Å². The lowest BCUT2D eigenvalue weighted by Crippen LogP contribution is -2.47. The minimum absolute atomic E-state index is 0.0113. The van der Waals surface area contributed by atoms with Gasteiger partial charge in [0.05, 0.1) is 18.8 Å². The quantitative estimate of drug-likeness (QED) is 0.415. The third kappa shape index (κ3) is 6.75. The Hall–Kier alpha value is -3.59. The van der Waals surface area contributed by atoms with E-state index in [9.17, 15) is 18.4 Å². The average molecular weight is 498 g/mol. The van der Waals surface area contributed by atoms with Gasteiger partial charge in [-0.3, -0.25) is 9.59 Å². The minimum Gasteiger partial charge on any atom is -0.473 e. The zero-order valence-corrected chi connectivity index (χ0v) is 20.1. The number of halogens is 2. The van der Waals surface area contributed by atoms with Crippen LogP contribution in [0, 0.1) is 11.6 Å². The first kappa shape index (κ1) is 25.5. The molecule has 3 aromatic rings. The van der Waals surface area contributed by atoms with Gasteiger partial charge in [-0.05, 0) is 36.6 Å². The van der Waals surface area contributed by atoms with Crippen molar-refractivity contribution in [1.29, 1.82) is 0 Å². The third-order valence-electron chi connectivity index (χ3n) is 6.14. The first-order chi connectivity index (χ1) is 17.4. The summed E-state index contributed by atoms with van der Waals surface area (Å²) in [5, 5.41) is 7.21. The van der Waals surface area contributed by atoms with E-state index in [0.29, 0.717) is 6.61 Å². The van der Waals surface area contributed by atoms with E-state index in [2.05, 4.69) is 10.4 Å². The minimum atomic E-state index is -0.620. The number of nitrogens with one attached hydrogen (secondary N) is 1. The second-order valence-corrected chi connectivity index (χ2v) is 8.90. The molecule has 1 aromatic heterocycles. The fraction of sp³-hybridized carbons (Fsp3) is 0.370. The van der Waals surface area contributed by atoms with Gasteiger partial charge in [-0.2, -0.15) is 5.10 Å². The third-order valence-corrected chi connectivity index (χ3v) is 6.14. The highest BCUT2D eigenvalue weighted by atomic mass is 19.1. The number of ether oxygens (including phenoxy) is 2. The van der Waals surface area contributed by atoms with Crippen LogP contribution in [0.25, 0.3) is 0 Å². The molecule has 0 bridgehead atoms. The Bertz CT molecular complexity index is 1200. The standard InChI is InChI=1S/C27H29F2N3O4/c1-18(33)24-14-27(36-17-20-13-21(28)11-12-22(20)29)32(31-24)15-26(34)30-23-9-5-6-10-25(23)35-16-19-7-3-2-4-8-19/h2-4,7-8,11-14,23,25H,5-6,9-10,15-17H2,1H3,(H,30,34)/t23-,25-/m0/s1. The number of amides is 1. The predicted molar refractivity (Wildman–Crippen MR) is 128 cm³/mol. The topological polar surface area (TPSA) is 82.5 Å². The fourth-order valence-corrected chi connectivity index (χ4v) is 4.23. The van der Waals surface area contributed by atoms with Crippen LogP contribution in [0.2, 0.25) is 0 Å². The highest BCUT2D eigenvalue weighted by Crippen LogP contribution is 2.23. The fourth-order valence-electron chi connectivity index (χ4n) is 4.23. The molecule has 7 nitrogen and oxygen atoms in total. The summed E-state index contributed by atoms with van der Waals surface area (Å²) >= 11 is 0. The number of carbonyl (C=O) groups is 2. The highest BCUT2D eigenvalue weighted by Gasteiger charge is 2.28. The maximum absolute atomic E-state index is 14.0. The van der Waals surface area contributed by atoms with Gasteiger partial charge >= 0.3 is 0 Å². The van der Waals surface area contributed by atoms with E-state index >= 15 is 0 Å². The van der Waals surface area contributed by atoms with E-state index < -0.39 is 11.6 Å². The molecule has 190 valence electrons. The van der Waals surface area contributed by atoms with Crippen molar-refractivity contribution < 1.29 is 27.8 Å². The smallest absolute Gasteiger partial charge is 0.242 e. The Morgan fingerprint density at radius 3 is 2.61 bits per heavy atom. The molecule has 2 atom stereocenters. The van der Waals surface area contributed by atoms with Crippen LogP contribution in [0.4, 0.5) is 8.78 Å². The molecule has 9 heteroatoms. The van der Waals surface area contributed by atoms with E-state index in [1.165, 1.54) is 17.7 Å². The number of aromatic nitrogens is 2. The molecular weight excluding hydrogens is 468 g/mol. The predicted octanol–water partition coefficient (Wildman–Crippen LogP) is 4.59. The van der Waals surface area contributed by atoms with Gasteiger partial charge in [0.1, 0.15) is 30.5 Å². The monoisotopic (exact) mass is 497 g/mol. The number of Topliss-reactive ketones (excluding diaryl/α,β-unsaturated/α-hetero) is 1. The molecule has 0 radical (unpaired) electrons. The maximum Gasteiger partial charge on any atom is 0.242 e. The lowest BCUT2D eigenvalue weighted by atomic mass is 9.92. The summed E-state index contributed by atoms with van der Waals surface area (Å²) in [4.78, 5) is 24.8. The maximum atomic E-state index is 14.0. The zero-order chi connectivity index (χ0) is 25.5. The summed E-state index contributed by atoms with van der Waals surface area (Å²) in [7, 11) is 0. The van der Waals surface area contributed by atoms with Gasteiger partial charge in [0, 0.05) is 18.6 Å². The van der Waals surface area contributed by atoms with E-state index in [1.54, 1.807) is 0 Å². The number of carbonyl (C=O) groups excluding carboxylic acids is 2. The summed E-state index contributed by atoms with van der Waals surface area (Å²) in [6.45, 7) is 1.33. The first-order valence-corrected chi connectivity index (χ1v) is 12.0. The molecule has 1 N–H and O–H groups in total. The van der Waals surface area contributed by atoms with Gasteiger partial charge in [0.2, 0.25) is 11.8 Å². The molecule has 1 amide bonds. The normalized spacial score (nSPS) is 17.5. The Kier molecular flexibility index (Phi) is 8.43. The summed E-state index contributed by atoms with van der Waals surface area (Å²) in [5.74, 6) is -1.72. The molecular formula is C27H29F2N3O4. The summed E-state index contributed by atoms with van der Waals surface area (Å²) < 4.78 is 40.5. The first-order valence-electron chi connectivity index (χ1n) is 12.0. The Morgan fingerprint density at radius 2 is 1.83 bits per heavy atom. The number of nitrogens with zero attached hydrogens (tertiary/aromatic N) is 2. The zero-order valence-electron chi connectivity index (χ0n) is 20.1. The van der Waals surface area contributed by atoms with Crippen LogP contribution in [-0.4, -0.2) is 33.6 Å². The summed E-state index contributed by atoms with van der Waals surface area (Å²) in [6, 6.07) is 14.2. The van der Waals surface area contributed by atoms with Gasteiger partial charge in [-0.15, -0.1) is 0 Å². The van der Waals surface area contributed by atoms with Crippen LogP contribution in [0.15, 0.2) is 54.6 Å². The molecule has 1 aliphatic rings. The number of hydrogen-bond donors (Lipinski definition) is 1. The lowest BCUT2D eigenvalue weighted by Gasteiger charge is -2.32. The van der Waals surface area contributed by atoms with Gasteiger partial charge in [0.15, 0.2) is 5.78 Å². The van der Waals surface area contributed by atoms with Gasteiger partial charge < -0.3 is 14.8 Å². The molecule has 0 saturated heterocycles. The molecule has 1 saturated carbocycles. The van der Waals surface area contributed by atoms with E-state index in [0.717, 1.165) is 49.4 Å². The van der Waals surface area contributed by atoms with Crippen LogP contribution in [0.1, 0.15) is 54.2 Å². The molecule has 1 aliphatic carbocycles. The van der Waals surface area contributed by atoms with Gasteiger partial charge in [-0.1, -0.05) is 43.2 Å². The Labute approximate surface area is 208 Å². The Balaban J connectivity index is 1.40. The molecule has 0 spiro atoms. The van der Waals surface area contributed by atoms with Crippen molar-refractivity contribution in [3.05, 3.63) is 83.1 Å². The molecule has 1 fully saturated rings. The lowest BCUT2D eigenvalue weighted by molar-refractivity contribution is -0.124. The van der Waals surface area contributed by atoms with Crippen molar-refractivity contribution in [1.82, 2.24) is 15.1 Å². The molecule has 1 heterocycles. The number of benzene rings is 2. The van der Waals surface area contributed by atoms with Crippen LogP contribution in [0.5, 0.6) is 5.88 Å².